The Labute approximate surface area is 151 Å². The summed E-state index contributed by atoms with van der Waals surface area (Å²) >= 11 is 3.20. The molecule has 9 heteroatoms. The largest absolute Gasteiger partial charge is 0.355 e. The van der Waals surface area contributed by atoms with Crippen LogP contribution >= 0.6 is 15.9 Å². The molecule has 0 aliphatic heterocycles. The van der Waals surface area contributed by atoms with Crippen molar-refractivity contribution in [3.63, 3.8) is 0 Å². The fourth-order valence-corrected chi connectivity index (χ4v) is 3.81. The van der Waals surface area contributed by atoms with E-state index in [0.29, 0.717) is 17.6 Å². The first-order valence-electron chi connectivity index (χ1n) is 7.43. The monoisotopic (exact) mass is 419 g/mol. The maximum atomic E-state index is 12.6. The van der Waals surface area contributed by atoms with Gasteiger partial charge in [0.05, 0.1) is 11.4 Å². The van der Waals surface area contributed by atoms with E-state index in [1.54, 1.807) is 13.8 Å². The molecule has 0 unspecified atom stereocenters. The topological polar surface area (TPSA) is 86.8 Å². The van der Waals surface area contributed by atoms with Gasteiger partial charge >= 0.3 is 0 Å². The van der Waals surface area contributed by atoms with E-state index in [-0.39, 0.29) is 22.9 Å². The highest BCUT2D eigenvalue weighted by molar-refractivity contribution is 9.10. The van der Waals surface area contributed by atoms with Crippen LogP contribution in [-0.2, 0) is 14.8 Å². The molecule has 1 aromatic carbocycles. The SMILES string of the molecule is CCNC(=O)CN(CC)C(=O)c1ccc(Br)c(S(=O)(=O)N(C)C)c1. The molecule has 0 atom stereocenters. The standard InChI is InChI=1S/C15H22BrN3O4S/c1-5-17-14(20)10-19(6-2)15(21)11-7-8-12(16)13(9-11)24(22,23)18(3)4/h7-9H,5-6,10H2,1-4H3,(H,17,20). The zero-order chi connectivity index (χ0) is 18.5. The van der Waals surface area contributed by atoms with Crippen LogP contribution in [0.1, 0.15) is 24.2 Å². The third kappa shape index (κ3) is 4.78. The lowest BCUT2D eigenvalue weighted by Crippen LogP contribution is -2.40. The Balaban J connectivity index is 3.18. The molecule has 0 aliphatic rings. The molecule has 0 bridgehead atoms. The van der Waals surface area contributed by atoms with E-state index in [0.717, 1.165) is 4.31 Å². The Kier molecular flexibility index (Phi) is 7.37. The highest BCUT2D eigenvalue weighted by Crippen LogP contribution is 2.25. The fraction of sp³-hybridized carbons (Fsp3) is 0.467. The number of nitrogens with one attached hydrogen (secondary N) is 1. The lowest BCUT2D eigenvalue weighted by molar-refractivity contribution is -0.121. The molecular weight excluding hydrogens is 398 g/mol. The van der Waals surface area contributed by atoms with Gasteiger partial charge in [-0.3, -0.25) is 9.59 Å². The van der Waals surface area contributed by atoms with E-state index in [1.165, 1.54) is 37.2 Å². The zero-order valence-corrected chi connectivity index (χ0v) is 16.6. The van der Waals surface area contributed by atoms with Crippen LogP contribution in [0.3, 0.4) is 0 Å². The molecule has 0 radical (unpaired) electrons. The molecule has 24 heavy (non-hydrogen) atoms. The van der Waals surface area contributed by atoms with Crippen LogP contribution in [0.25, 0.3) is 0 Å². The Morgan fingerprint density at radius 2 is 1.83 bits per heavy atom. The second-order valence-electron chi connectivity index (χ2n) is 5.21. The number of sulfonamides is 1. The van der Waals surface area contributed by atoms with Crippen LogP contribution in [0, 0.1) is 0 Å². The van der Waals surface area contributed by atoms with E-state index in [1.807, 2.05) is 0 Å². The van der Waals surface area contributed by atoms with E-state index < -0.39 is 15.9 Å². The number of hydrogen-bond donors (Lipinski definition) is 1. The second-order valence-corrected chi connectivity index (χ2v) is 8.18. The van der Waals surface area contributed by atoms with Crippen molar-refractivity contribution in [2.45, 2.75) is 18.7 Å². The fourth-order valence-electron chi connectivity index (χ4n) is 1.97. The second kappa shape index (κ2) is 8.59. The van der Waals surface area contributed by atoms with Crippen LogP contribution in [0.5, 0.6) is 0 Å². The Hall–Kier alpha value is -1.45. The van der Waals surface area contributed by atoms with Gasteiger partial charge in [0.15, 0.2) is 0 Å². The zero-order valence-electron chi connectivity index (χ0n) is 14.2. The lowest BCUT2D eigenvalue weighted by atomic mass is 10.2. The first-order valence-corrected chi connectivity index (χ1v) is 9.66. The number of hydrogen-bond acceptors (Lipinski definition) is 4. The third-order valence-electron chi connectivity index (χ3n) is 3.31. The minimum atomic E-state index is -3.69. The van der Waals surface area contributed by atoms with Crippen molar-refractivity contribution in [1.29, 1.82) is 0 Å². The Bertz CT molecular complexity index is 719. The summed E-state index contributed by atoms with van der Waals surface area (Å²) in [6.45, 7) is 4.29. The number of nitrogens with zero attached hydrogens (tertiary/aromatic N) is 2. The van der Waals surface area contributed by atoms with E-state index in [4.69, 9.17) is 0 Å². The summed E-state index contributed by atoms with van der Waals surface area (Å²) in [7, 11) is -0.851. The number of rotatable bonds is 7. The molecule has 0 aromatic heterocycles. The molecule has 0 fully saturated rings. The van der Waals surface area contributed by atoms with Gasteiger partial charge in [0.25, 0.3) is 5.91 Å². The van der Waals surface area contributed by atoms with Gasteiger partial charge in [0, 0.05) is 37.2 Å². The summed E-state index contributed by atoms with van der Waals surface area (Å²) in [5.74, 6) is -0.655. The average Bonchev–Trinajstić information content (AvgIpc) is 2.52. The van der Waals surface area contributed by atoms with Crippen molar-refractivity contribution in [2.75, 3.05) is 33.7 Å². The van der Waals surface area contributed by atoms with Gasteiger partial charge in [-0.25, -0.2) is 12.7 Å². The van der Waals surface area contributed by atoms with Crippen LogP contribution in [0.4, 0.5) is 0 Å². The molecule has 2 amide bonds. The van der Waals surface area contributed by atoms with Gasteiger partial charge < -0.3 is 10.2 Å². The molecule has 1 aromatic rings. The van der Waals surface area contributed by atoms with Gasteiger partial charge in [-0.2, -0.15) is 0 Å². The smallest absolute Gasteiger partial charge is 0.254 e. The third-order valence-corrected chi connectivity index (χ3v) is 6.12. The molecule has 7 nitrogen and oxygen atoms in total. The highest BCUT2D eigenvalue weighted by atomic mass is 79.9. The van der Waals surface area contributed by atoms with Crippen LogP contribution in [0.15, 0.2) is 27.6 Å². The van der Waals surface area contributed by atoms with Crippen molar-refractivity contribution in [3.05, 3.63) is 28.2 Å². The Morgan fingerprint density at radius 1 is 1.21 bits per heavy atom. The normalized spacial score (nSPS) is 11.4. The van der Waals surface area contributed by atoms with E-state index in [9.17, 15) is 18.0 Å². The van der Waals surface area contributed by atoms with Crippen molar-refractivity contribution >= 4 is 37.8 Å². The minimum absolute atomic E-state index is 0.00686. The molecule has 134 valence electrons. The summed E-state index contributed by atoms with van der Waals surface area (Å²) in [6.07, 6.45) is 0. The number of carbonyl (C=O) groups is 2. The van der Waals surface area contributed by atoms with Crippen LogP contribution < -0.4 is 5.32 Å². The molecule has 1 rings (SSSR count). The highest BCUT2D eigenvalue weighted by Gasteiger charge is 2.24. The van der Waals surface area contributed by atoms with Gasteiger partial charge in [0.1, 0.15) is 0 Å². The summed E-state index contributed by atoms with van der Waals surface area (Å²) in [4.78, 5) is 25.7. The average molecular weight is 420 g/mol. The van der Waals surface area contributed by atoms with Crippen LogP contribution in [-0.4, -0.2) is 63.2 Å². The quantitative estimate of drug-likeness (QED) is 0.721. The molecule has 0 spiro atoms. The predicted octanol–water partition coefficient (Wildman–Crippen LogP) is 1.30. The van der Waals surface area contributed by atoms with Gasteiger partial charge in [-0.15, -0.1) is 0 Å². The van der Waals surface area contributed by atoms with Crippen molar-refractivity contribution in [2.24, 2.45) is 0 Å². The maximum Gasteiger partial charge on any atom is 0.254 e. The summed E-state index contributed by atoms with van der Waals surface area (Å²) in [6, 6.07) is 4.37. The van der Waals surface area contributed by atoms with Gasteiger partial charge in [0.2, 0.25) is 15.9 Å². The molecule has 0 saturated heterocycles. The number of benzene rings is 1. The molecule has 0 saturated carbocycles. The number of carbonyl (C=O) groups excluding carboxylic acids is 2. The van der Waals surface area contributed by atoms with E-state index >= 15 is 0 Å². The number of likely N-dealkylation sites (N-methyl/N-ethyl adjacent to an activating group) is 2. The number of amides is 2. The Morgan fingerprint density at radius 3 is 2.33 bits per heavy atom. The van der Waals surface area contributed by atoms with E-state index in [2.05, 4.69) is 21.2 Å². The van der Waals surface area contributed by atoms with Crippen molar-refractivity contribution < 1.29 is 18.0 Å². The first kappa shape index (κ1) is 20.6. The molecule has 0 heterocycles. The molecular formula is C15H22BrN3O4S. The number of halogens is 1. The van der Waals surface area contributed by atoms with Crippen molar-refractivity contribution in [1.82, 2.24) is 14.5 Å². The van der Waals surface area contributed by atoms with Crippen LogP contribution in [0.2, 0.25) is 0 Å². The summed E-state index contributed by atoms with van der Waals surface area (Å²) < 4.78 is 26.1. The molecule has 0 aliphatic carbocycles. The first-order chi connectivity index (χ1) is 11.1. The summed E-state index contributed by atoms with van der Waals surface area (Å²) in [5.41, 5.74) is 0.213. The van der Waals surface area contributed by atoms with Gasteiger partial charge in [-0.05, 0) is 48.0 Å². The lowest BCUT2D eigenvalue weighted by Gasteiger charge is -2.21. The van der Waals surface area contributed by atoms with Crippen molar-refractivity contribution in [3.8, 4) is 0 Å². The predicted molar refractivity (Wildman–Crippen MR) is 95.3 cm³/mol. The summed E-state index contributed by atoms with van der Waals surface area (Å²) in [5, 5.41) is 2.63. The maximum absolute atomic E-state index is 12.6. The molecule has 1 N–H and O–H groups in total. The minimum Gasteiger partial charge on any atom is -0.355 e. The van der Waals surface area contributed by atoms with Gasteiger partial charge in [-0.1, -0.05) is 0 Å².